The number of likely N-dealkylation sites (N-methyl/N-ethyl adjacent to an activating group) is 1. The lowest BCUT2D eigenvalue weighted by molar-refractivity contribution is 0.0696. The summed E-state index contributed by atoms with van der Waals surface area (Å²) in [6.07, 6.45) is 3.13. The third-order valence-corrected chi connectivity index (χ3v) is 3.51. The largest absolute Gasteiger partial charge is 0.492 e. The van der Waals surface area contributed by atoms with E-state index in [0.29, 0.717) is 17.9 Å². The highest BCUT2D eigenvalue weighted by Crippen LogP contribution is 2.15. The van der Waals surface area contributed by atoms with Gasteiger partial charge in [0.15, 0.2) is 5.78 Å². The first-order chi connectivity index (χ1) is 12.0. The zero-order valence-corrected chi connectivity index (χ0v) is 14.3. The average Bonchev–Trinajstić information content (AvgIpc) is 2.60. The third-order valence-electron chi connectivity index (χ3n) is 3.51. The monoisotopic (exact) mass is 339 g/mol. The lowest BCUT2D eigenvalue weighted by Gasteiger charge is -2.11. The van der Waals surface area contributed by atoms with E-state index < -0.39 is 5.97 Å². The molecule has 0 spiro atoms. The molecule has 1 N–H and O–H groups in total. The van der Waals surface area contributed by atoms with Gasteiger partial charge in [-0.05, 0) is 50.0 Å². The van der Waals surface area contributed by atoms with Crippen molar-refractivity contribution in [3.05, 3.63) is 71.3 Å². The Morgan fingerprint density at radius 2 is 1.80 bits per heavy atom. The summed E-state index contributed by atoms with van der Waals surface area (Å²) in [6.45, 7) is 1.35. The van der Waals surface area contributed by atoms with Gasteiger partial charge in [-0.3, -0.25) is 4.79 Å². The van der Waals surface area contributed by atoms with Gasteiger partial charge in [0.25, 0.3) is 0 Å². The maximum atomic E-state index is 12.3. The summed E-state index contributed by atoms with van der Waals surface area (Å²) in [4.78, 5) is 25.1. The zero-order valence-electron chi connectivity index (χ0n) is 14.3. The van der Waals surface area contributed by atoms with Gasteiger partial charge in [-0.15, -0.1) is 0 Å². The third kappa shape index (κ3) is 5.90. The van der Waals surface area contributed by atoms with Crippen molar-refractivity contribution in [2.24, 2.45) is 0 Å². The molecule has 5 heteroatoms. The number of allylic oxidation sites excluding steroid dienone is 1. The molecule has 130 valence electrons. The second-order valence-corrected chi connectivity index (χ2v) is 5.80. The molecule has 0 aliphatic rings. The fourth-order valence-corrected chi connectivity index (χ4v) is 2.09. The Morgan fingerprint density at radius 1 is 1.08 bits per heavy atom. The molecule has 0 aliphatic carbocycles. The number of carbonyl (C=O) groups excluding carboxylic acids is 1. The summed E-state index contributed by atoms with van der Waals surface area (Å²) >= 11 is 0. The minimum atomic E-state index is -0.974. The van der Waals surface area contributed by atoms with Crippen molar-refractivity contribution in [1.29, 1.82) is 0 Å². The van der Waals surface area contributed by atoms with Crippen LogP contribution in [0.2, 0.25) is 0 Å². The highest BCUT2D eigenvalue weighted by Gasteiger charge is 2.05. The number of carboxylic acid groups (broad SMARTS) is 1. The molecule has 0 unspecified atom stereocenters. The predicted octanol–water partition coefficient (Wildman–Crippen LogP) is 3.22. The van der Waals surface area contributed by atoms with Crippen molar-refractivity contribution in [3.63, 3.8) is 0 Å². The van der Waals surface area contributed by atoms with E-state index in [-0.39, 0.29) is 11.3 Å². The van der Waals surface area contributed by atoms with E-state index in [2.05, 4.69) is 0 Å². The molecule has 0 saturated carbocycles. The Labute approximate surface area is 147 Å². The molecule has 0 heterocycles. The van der Waals surface area contributed by atoms with Crippen LogP contribution in [0.3, 0.4) is 0 Å². The van der Waals surface area contributed by atoms with E-state index in [1.54, 1.807) is 36.4 Å². The standard InChI is InChI=1S/C20H21NO4/c1-21(2)12-13-25-18-5-3-4-17(14-18)19(22)11-8-15-6-9-16(10-7-15)20(23)24/h3-11,14H,12-13H2,1-2H3,(H,23,24)/b11-8+. The molecule has 0 aliphatic heterocycles. The van der Waals surface area contributed by atoms with Crippen LogP contribution in [0, 0.1) is 0 Å². The van der Waals surface area contributed by atoms with Crippen LogP contribution in [0.4, 0.5) is 0 Å². The van der Waals surface area contributed by atoms with E-state index in [4.69, 9.17) is 9.84 Å². The maximum Gasteiger partial charge on any atom is 0.335 e. The molecule has 0 aromatic heterocycles. The zero-order chi connectivity index (χ0) is 18.2. The molecule has 2 rings (SSSR count). The van der Waals surface area contributed by atoms with Crippen LogP contribution in [0.25, 0.3) is 6.08 Å². The minimum absolute atomic E-state index is 0.139. The highest BCUT2D eigenvalue weighted by molar-refractivity contribution is 6.07. The number of carboxylic acids is 1. The normalized spacial score (nSPS) is 11.0. The summed E-state index contributed by atoms with van der Waals surface area (Å²) in [5.74, 6) is -0.454. The predicted molar refractivity (Wildman–Crippen MR) is 97.3 cm³/mol. The average molecular weight is 339 g/mol. The molecule has 2 aromatic carbocycles. The van der Waals surface area contributed by atoms with Crippen molar-refractivity contribution >= 4 is 17.8 Å². The second-order valence-electron chi connectivity index (χ2n) is 5.80. The van der Waals surface area contributed by atoms with Crippen molar-refractivity contribution in [2.75, 3.05) is 27.2 Å². The molecule has 0 atom stereocenters. The smallest absolute Gasteiger partial charge is 0.335 e. The lowest BCUT2D eigenvalue weighted by Crippen LogP contribution is -2.19. The lowest BCUT2D eigenvalue weighted by atomic mass is 10.1. The summed E-state index contributed by atoms with van der Waals surface area (Å²) in [5.41, 5.74) is 1.52. The van der Waals surface area contributed by atoms with E-state index >= 15 is 0 Å². The molecule has 0 saturated heterocycles. The van der Waals surface area contributed by atoms with Crippen molar-refractivity contribution in [2.45, 2.75) is 0 Å². The van der Waals surface area contributed by atoms with E-state index in [1.165, 1.54) is 18.2 Å². The van der Waals surface area contributed by atoms with E-state index in [1.807, 2.05) is 25.1 Å². The van der Waals surface area contributed by atoms with Crippen LogP contribution in [-0.2, 0) is 0 Å². The van der Waals surface area contributed by atoms with Gasteiger partial charge < -0.3 is 14.7 Å². The van der Waals surface area contributed by atoms with Gasteiger partial charge in [-0.2, -0.15) is 0 Å². The summed E-state index contributed by atoms with van der Waals surface area (Å²) in [5, 5.41) is 8.87. The molecular formula is C20H21NO4. The Morgan fingerprint density at radius 3 is 2.44 bits per heavy atom. The summed E-state index contributed by atoms with van der Waals surface area (Å²) in [6, 6.07) is 13.4. The number of benzene rings is 2. The molecule has 0 fully saturated rings. The van der Waals surface area contributed by atoms with Crippen LogP contribution < -0.4 is 4.74 Å². The minimum Gasteiger partial charge on any atom is -0.492 e. The quantitative estimate of drug-likeness (QED) is 0.591. The molecule has 0 radical (unpaired) electrons. The van der Waals surface area contributed by atoms with E-state index in [9.17, 15) is 9.59 Å². The van der Waals surface area contributed by atoms with Gasteiger partial charge in [0.05, 0.1) is 5.56 Å². The van der Waals surface area contributed by atoms with Gasteiger partial charge in [0.1, 0.15) is 12.4 Å². The van der Waals surface area contributed by atoms with Gasteiger partial charge in [0.2, 0.25) is 0 Å². The topological polar surface area (TPSA) is 66.8 Å². The first-order valence-electron chi connectivity index (χ1n) is 7.89. The van der Waals surface area contributed by atoms with Crippen molar-refractivity contribution < 1.29 is 19.4 Å². The molecule has 5 nitrogen and oxygen atoms in total. The fraction of sp³-hybridized carbons (Fsp3) is 0.200. The molecule has 25 heavy (non-hydrogen) atoms. The molecule has 0 bridgehead atoms. The van der Waals surface area contributed by atoms with Gasteiger partial charge in [-0.1, -0.05) is 30.3 Å². The van der Waals surface area contributed by atoms with Crippen LogP contribution in [0.5, 0.6) is 5.75 Å². The number of nitrogens with zero attached hydrogens (tertiary/aromatic N) is 1. The van der Waals surface area contributed by atoms with Crippen LogP contribution in [0.15, 0.2) is 54.6 Å². The number of ketones is 1. The number of ether oxygens (including phenoxy) is 1. The van der Waals surface area contributed by atoms with Gasteiger partial charge in [-0.25, -0.2) is 4.79 Å². The summed E-state index contributed by atoms with van der Waals surface area (Å²) < 4.78 is 5.63. The van der Waals surface area contributed by atoms with Crippen LogP contribution in [-0.4, -0.2) is 49.0 Å². The Hall–Kier alpha value is -2.92. The second kappa shape index (κ2) is 8.80. The molecular weight excluding hydrogens is 318 g/mol. The van der Waals surface area contributed by atoms with Gasteiger partial charge in [0, 0.05) is 12.1 Å². The van der Waals surface area contributed by atoms with Gasteiger partial charge >= 0.3 is 5.97 Å². The SMILES string of the molecule is CN(C)CCOc1cccc(C(=O)/C=C/c2ccc(C(=O)O)cc2)c1. The first-order valence-corrected chi connectivity index (χ1v) is 7.89. The Bertz CT molecular complexity index is 764. The van der Waals surface area contributed by atoms with Crippen molar-refractivity contribution in [1.82, 2.24) is 4.90 Å². The Kier molecular flexibility index (Phi) is 6.48. The van der Waals surface area contributed by atoms with E-state index in [0.717, 1.165) is 12.1 Å². The number of hydrogen-bond acceptors (Lipinski definition) is 4. The fourth-order valence-electron chi connectivity index (χ4n) is 2.09. The van der Waals surface area contributed by atoms with Crippen LogP contribution in [0.1, 0.15) is 26.3 Å². The number of hydrogen-bond donors (Lipinski definition) is 1. The molecule has 2 aromatic rings. The van der Waals surface area contributed by atoms with Crippen LogP contribution >= 0.6 is 0 Å². The van der Waals surface area contributed by atoms with Crippen molar-refractivity contribution in [3.8, 4) is 5.75 Å². The molecule has 0 amide bonds. The first kappa shape index (κ1) is 18.4. The number of rotatable bonds is 8. The Balaban J connectivity index is 2.01. The maximum absolute atomic E-state index is 12.3. The summed E-state index contributed by atoms with van der Waals surface area (Å²) in [7, 11) is 3.94. The highest BCUT2D eigenvalue weighted by atomic mass is 16.5. The number of carbonyl (C=O) groups is 2. The number of aromatic carboxylic acids is 1.